The fraction of sp³-hybridized carbons (Fsp3) is 0.100. The summed E-state index contributed by atoms with van der Waals surface area (Å²) in [6.45, 7) is 5.02. The second-order valence-electron chi connectivity index (χ2n) is 3.23. The third-order valence-electron chi connectivity index (χ3n) is 1.80. The van der Waals surface area contributed by atoms with Gasteiger partial charge in [0.2, 0.25) is 0 Å². The molecule has 0 aliphatic heterocycles. The average molecular weight is 265 g/mol. The van der Waals surface area contributed by atoms with E-state index in [4.69, 9.17) is 4.55 Å². The SMILES string of the molecule is C=C(C)C(=O)Nc1ccc(S(=O)(=O)O)cc1.[NaH]. The van der Waals surface area contributed by atoms with E-state index in [-0.39, 0.29) is 40.4 Å². The van der Waals surface area contributed by atoms with E-state index in [1.165, 1.54) is 24.3 Å². The molecular weight excluding hydrogens is 253 g/mol. The van der Waals surface area contributed by atoms with Gasteiger partial charge in [0.05, 0.1) is 4.90 Å². The topological polar surface area (TPSA) is 83.5 Å². The Balaban J connectivity index is 0.00000256. The molecule has 0 heterocycles. The molecule has 0 saturated carbocycles. The van der Waals surface area contributed by atoms with Crippen molar-refractivity contribution >= 4 is 51.3 Å². The fourth-order valence-corrected chi connectivity index (χ4v) is 1.43. The second kappa shape index (κ2) is 6.32. The first-order valence-electron chi connectivity index (χ1n) is 4.35. The Morgan fingerprint density at radius 2 is 1.76 bits per heavy atom. The van der Waals surface area contributed by atoms with E-state index in [0.717, 1.165) is 0 Å². The monoisotopic (exact) mass is 265 g/mol. The van der Waals surface area contributed by atoms with Crippen molar-refractivity contribution in [2.75, 3.05) is 5.32 Å². The van der Waals surface area contributed by atoms with Crippen molar-refractivity contribution in [3.63, 3.8) is 0 Å². The van der Waals surface area contributed by atoms with Gasteiger partial charge in [-0.3, -0.25) is 9.35 Å². The third kappa shape index (κ3) is 5.01. The molecule has 0 radical (unpaired) electrons. The van der Waals surface area contributed by atoms with E-state index in [2.05, 4.69) is 11.9 Å². The van der Waals surface area contributed by atoms with E-state index >= 15 is 0 Å². The molecule has 5 nitrogen and oxygen atoms in total. The van der Waals surface area contributed by atoms with E-state index < -0.39 is 10.1 Å². The molecule has 0 aromatic heterocycles. The molecule has 88 valence electrons. The number of carbonyl (C=O) groups excluding carboxylic acids is 1. The van der Waals surface area contributed by atoms with Gasteiger partial charge in [0.15, 0.2) is 0 Å². The molecule has 7 heteroatoms. The third-order valence-corrected chi connectivity index (χ3v) is 2.67. The van der Waals surface area contributed by atoms with Crippen LogP contribution in [0, 0.1) is 0 Å². The van der Waals surface area contributed by atoms with Crippen LogP contribution >= 0.6 is 0 Å². The summed E-state index contributed by atoms with van der Waals surface area (Å²) in [5.74, 6) is -0.348. The molecule has 1 aromatic carbocycles. The van der Waals surface area contributed by atoms with Crippen LogP contribution in [-0.4, -0.2) is 48.4 Å². The van der Waals surface area contributed by atoms with Crippen molar-refractivity contribution in [3.8, 4) is 0 Å². The van der Waals surface area contributed by atoms with Gasteiger partial charge in [-0.15, -0.1) is 0 Å². The maximum absolute atomic E-state index is 11.2. The van der Waals surface area contributed by atoms with E-state index in [9.17, 15) is 13.2 Å². The van der Waals surface area contributed by atoms with Crippen LogP contribution in [-0.2, 0) is 14.9 Å². The molecule has 0 unspecified atom stereocenters. The minimum absolute atomic E-state index is 0. The van der Waals surface area contributed by atoms with Gasteiger partial charge < -0.3 is 5.32 Å². The zero-order valence-corrected chi connectivity index (χ0v) is 9.41. The molecule has 0 fully saturated rings. The zero-order chi connectivity index (χ0) is 12.3. The molecule has 0 aliphatic carbocycles. The average Bonchev–Trinajstić information content (AvgIpc) is 2.17. The van der Waals surface area contributed by atoms with Crippen LogP contribution in [0.4, 0.5) is 5.69 Å². The van der Waals surface area contributed by atoms with Gasteiger partial charge >= 0.3 is 29.6 Å². The van der Waals surface area contributed by atoms with Crippen LogP contribution in [0.25, 0.3) is 0 Å². The summed E-state index contributed by atoms with van der Waals surface area (Å²) in [4.78, 5) is 11.0. The standard InChI is InChI=1S/C10H11NO4S.Na.H/c1-7(2)10(12)11-8-3-5-9(6-4-8)16(13,14)15;;/h3-6H,1H2,2H3,(H,11,12)(H,13,14,15);;. The van der Waals surface area contributed by atoms with E-state index in [1.807, 2.05) is 0 Å². The predicted molar refractivity (Wildman–Crippen MR) is 66.8 cm³/mol. The maximum atomic E-state index is 11.2. The summed E-state index contributed by atoms with van der Waals surface area (Å²) in [5, 5.41) is 2.51. The van der Waals surface area contributed by atoms with Crippen molar-refractivity contribution in [3.05, 3.63) is 36.4 Å². The normalized spacial score (nSPS) is 10.2. The molecule has 1 rings (SSSR count). The summed E-state index contributed by atoms with van der Waals surface area (Å²) in [6.07, 6.45) is 0. The van der Waals surface area contributed by atoms with Gasteiger partial charge in [0.25, 0.3) is 16.0 Å². The number of nitrogens with one attached hydrogen (secondary N) is 1. The summed E-state index contributed by atoms with van der Waals surface area (Å²) in [7, 11) is -4.19. The number of hydrogen-bond acceptors (Lipinski definition) is 3. The van der Waals surface area contributed by atoms with Crippen LogP contribution in [0.5, 0.6) is 0 Å². The molecule has 0 bridgehead atoms. The van der Waals surface area contributed by atoms with E-state index in [0.29, 0.717) is 11.3 Å². The number of benzene rings is 1. The van der Waals surface area contributed by atoms with Crippen molar-refractivity contribution < 1.29 is 17.8 Å². The molecule has 0 saturated heterocycles. The molecule has 0 spiro atoms. The van der Waals surface area contributed by atoms with Crippen LogP contribution in [0.3, 0.4) is 0 Å². The number of hydrogen-bond donors (Lipinski definition) is 2. The summed E-state index contributed by atoms with van der Waals surface area (Å²) < 4.78 is 30.2. The Morgan fingerprint density at radius 1 is 1.29 bits per heavy atom. The quantitative estimate of drug-likeness (QED) is 0.481. The first-order valence-corrected chi connectivity index (χ1v) is 5.79. The minimum atomic E-state index is -4.19. The van der Waals surface area contributed by atoms with Gasteiger partial charge in [-0.25, -0.2) is 0 Å². The molecule has 0 atom stereocenters. The van der Waals surface area contributed by atoms with Crippen LogP contribution in [0.2, 0.25) is 0 Å². The van der Waals surface area contributed by atoms with Gasteiger partial charge in [-0.05, 0) is 31.2 Å². The molecule has 1 amide bonds. The summed E-state index contributed by atoms with van der Waals surface area (Å²) in [6, 6.07) is 5.15. The first kappa shape index (κ1) is 16.3. The summed E-state index contributed by atoms with van der Waals surface area (Å²) >= 11 is 0. The molecular formula is C10H12NNaO4S. The Morgan fingerprint density at radius 3 is 2.12 bits per heavy atom. The fourth-order valence-electron chi connectivity index (χ4n) is 0.948. The Kier molecular flexibility index (Phi) is 6.08. The van der Waals surface area contributed by atoms with Crippen molar-refractivity contribution in [1.82, 2.24) is 0 Å². The van der Waals surface area contributed by atoms with Gasteiger partial charge in [-0.2, -0.15) is 8.42 Å². The number of rotatable bonds is 3. The van der Waals surface area contributed by atoms with Gasteiger partial charge in [0.1, 0.15) is 0 Å². The number of carbonyl (C=O) groups is 1. The van der Waals surface area contributed by atoms with Crippen molar-refractivity contribution in [1.29, 1.82) is 0 Å². The Labute approximate surface area is 122 Å². The van der Waals surface area contributed by atoms with Gasteiger partial charge in [0, 0.05) is 11.3 Å². The first-order chi connectivity index (χ1) is 7.30. The number of anilines is 1. The molecule has 0 aliphatic rings. The van der Waals surface area contributed by atoms with Crippen molar-refractivity contribution in [2.45, 2.75) is 11.8 Å². The van der Waals surface area contributed by atoms with Crippen LogP contribution in [0.15, 0.2) is 41.3 Å². The second-order valence-corrected chi connectivity index (χ2v) is 4.66. The predicted octanol–water partition coefficient (Wildman–Crippen LogP) is 0.799. The van der Waals surface area contributed by atoms with Crippen molar-refractivity contribution in [2.24, 2.45) is 0 Å². The Hall–Kier alpha value is -0.660. The molecule has 17 heavy (non-hydrogen) atoms. The van der Waals surface area contributed by atoms with Crippen LogP contribution < -0.4 is 5.32 Å². The molecule has 1 aromatic rings. The summed E-state index contributed by atoms with van der Waals surface area (Å²) in [5.41, 5.74) is 0.777. The van der Waals surface area contributed by atoms with E-state index in [1.54, 1.807) is 6.92 Å². The van der Waals surface area contributed by atoms with Gasteiger partial charge in [-0.1, -0.05) is 6.58 Å². The zero-order valence-electron chi connectivity index (χ0n) is 8.60. The Bertz CT molecular complexity index is 522. The van der Waals surface area contributed by atoms with Crippen LogP contribution in [0.1, 0.15) is 6.92 Å². The number of amides is 1. The molecule has 2 N–H and O–H groups in total.